The number of hydrogen-bond acceptors (Lipinski definition) is 4. The Hall–Kier alpha value is -1.49. The van der Waals surface area contributed by atoms with Crippen molar-refractivity contribution in [1.82, 2.24) is 0 Å². The predicted octanol–water partition coefficient (Wildman–Crippen LogP) is 1.15. The van der Waals surface area contributed by atoms with E-state index in [4.69, 9.17) is 19.0 Å². The molecule has 1 unspecified atom stereocenters. The van der Waals surface area contributed by atoms with Crippen LogP contribution >= 0.6 is 0 Å². The van der Waals surface area contributed by atoms with Crippen LogP contribution in [0.2, 0.25) is 0 Å². The van der Waals surface area contributed by atoms with Crippen molar-refractivity contribution in [3.05, 3.63) is 17.9 Å². The van der Waals surface area contributed by atoms with Gasteiger partial charge in [0.1, 0.15) is 6.10 Å². The van der Waals surface area contributed by atoms with Gasteiger partial charge in [-0.25, -0.2) is 4.79 Å². The van der Waals surface area contributed by atoms with E-state index in [1.165, 1.54) is 12.1 Å². The van der Waals surface area contributed by atoms with Crippen LogP contribution in [0.25, 0.3) is 0 Å². The molecule has 1 aromatic heterocycles. The Morgan fingerprint density at radius 1 is 1.57 bits per heavy atom. The highest BCUT2D eigenvalue weighted by atomic mass is 16.6. The smallest absolute Gasteiger partial charge is 0.371 e. The molecule has 0 amide bonds. The zero-order chi connectivity index (χ0) is 9.97. The molecule has 14 heavy (non-hydrogen) atoms. The second kappa shape index (κ2) is 3.71. The zero-order valence-electron chi connectivity index (χ0n) is 7.43. The number of hydrogen-bond donors (Lipinski definition) is 1. The molecule has 0 bridgehead atoms. The standard InChI is InChI=1S/C9H10O5/c10-9(11)7-1-2-8(14-7)13-6-3-4-12-5-6/h1-2,6H,3-5H2,(H,10,11). The molecule has 1 saturated heterocycles. The third-order valence-corrected chi connectivity index (χ3v) is 1.96. The van der Waals surface area contributed by atoms with Gasteiger partial charge in [-0.1, -0.05) is 0 Å². The summed E-state index contributed by atoms with van der Waals surface area (Å²) in [5.74, 6) is -0.973. The van der Waals surface area contributed by atoms with E-state index >= 15 is 0 Å². The lowest BCUT2D eigenvalue weighted by molar-refractivity contribution is 0.0642. The number of aromatic carboxylic acids is 1. The maximum atomic E-state index is 10.5. The summed E-state index contributed by atoms with van der Waals surface area (Å²) in [7, 11) is 0. The Bertz CT molecular complexity index is 324. The van der Waals surface area contributed by atoms with E-state index in [9.17, 15) is 4.79 Å². The van der Waals surface area contributed by atoms with Crippen LogP contribution < -0.4 is 4.74 Å². The summed E-state index contributed by atoms with van der Waals surface area (Å²) in [6.07, 6.45) is 0.783. The fraction of sp³-hybridized carbons (Fsp3) is 0.444. The quantitative estimate of drug-likeness (QED) is 0.788. The minimum atomic E-state index is -1.09. The maximum absolute atomic E-state index is 10.5. The van der Waals surface area contributed by atoms with Gasteiger partial charge in [0.2, 0.25) is 5.76 Å². The van der Waals surface area contributed by atoms with Gasteiger partial charge < -0.3 is 19.0 Å². The topological polar surface area (TPSA) is 68.9 Å². The van der Waals surface area contributed by atoms with E-state index < -0.39 is 5.97 Å². The fourth-order valence-corrected chi connectivity index (χ4v) is 1.27. The first-order chi connectivity index (χ1) is 6.75. The van der Waals surface area contributed by atoms with Gasteiger partial charge in [0.05, 0.1) is 13.2 Å². The Morgan fingerprint density at radius 2 is 2.43 bits per heavy atom. The van der Waals surface area contributed by atoms with Crippen molar-refractivity contribution in [3.8, 4) is 5.95 Å². The molecule has 1 N–H and O–H groups in total. The van der Waals surface area contributed by atoms with Crippen LogP contribution in [0.15, 0.2) is 16.5 Å². The van der Waals surface area contributed by atoms with Gasteiger partial charge >= 0.3 is 5.97 Å². The van der Waals surface area contributed by atoms with E-state index in [1.807, 2.05) is 0 Å². The normalized spacial score (nSPS) is 21.0. The van der Waals surface area contributed by atoms with Gasteiger partial charge in [-0.15, -0.1) is 0 Å². The zero-order valence-corrected chi connectivity index (χ0v) is 7.43. The lowest BCUT2D eigenvalue weighted by Crippen LogP contribution is -2.15. The predicted molar refractivity (Wildman–Crippen MR) is 45.5 cm³/mol. The summed E-state index contributed by atoms with van der Waals surface area (Å²) >= 11 is 0. The van der Waals surface area contributed by atoms with Crippen LogP contribution in [-0.2, 0) is 4.74 Å². The molecule has 5 heteroatoms. The highest BCUT2D eigenvalue weighted by Crippen LogP contribution is 2.19. The SMILES string of the molecule is O=C(O)c1ccc(OC2CCOC2)o1. The molecule has 1 aromatic rings. The van der Waals surface area contributed by atoms with Gasteiger partial charge in [-0.05, 0) is 6.07 Å². The Balaban J connectivity index is 1.98. The van der Waals surface area contributed by atoms with E-state index in [0.29, 0.717) is 13.2 Å². The number of rotatable bonds is 3. The van der Waals surface area contributed by atoms with E-state index in [0.717, 1.165) is 6.42 Å². The lowest BCUT2D eigenvalue weighted by atomic mass is 10.3. The molecule has 1 fully saturated rings. The highest BCUT2D eigenvalue weighted by molar-refractivity contribution is 5.84. The number of carbonyl (C=O) groups is 1. The van der Waals surface area contributed by atoms with Crippen LogP contribution in [0.4, 0.5) is 0 Å². The molecule has 0 spiro atoms. The molecule has 1 aliphatic heterocycles. The van der Waals surface area contributed by atoms with E-state index in [-0.39, 0.29) is 17.8 Å². The minimum Gasteiger partial charge on any atom is -0.475 e. The molecular formula is C9H10O5. The van der Waals surface area contributed by atoms with Crippen LogP contribution in [0.1, 0.15) is 17.0 Å². The van der Waals surface area contributed by atoms with Gasteiger partial charge in [0.15, 0.2) is 0 Å². The summed E-state index contributed by atoms with van der Waals surface area (Å²) < 4.78 is 15.4. The second-order valence-electron chi connectivity index (χ2n) is 3.03. The molecule has 1 aliphatic rings. The number of carboxylic acids is 1. The van der Waals surface area contributed by atoms with E-state index in [2.05, 4.69) is 0 Å². The molecule has 0 aliphatic carbocycles. The monoisotopic (exact) mass is 198 g/mol. The highest BCUT2D eigenvalue weighted by Gasteiger charge is 2.19. The van der Waals surface area contributed by atoms with Crippen LogP contribution in [0.3, 0.4) is 0 Å². The van der Waals surface area contributed by atoms with E-state index in [1.54, 1.807) is 0 Å². The third kappa shape index (κ3) is 1.88. The fourth-order valence-electron chi connectivity index (χ4n) is 1.27. The van der Waals surface area contributed by atoms with Crippen LogP contribution in [0, 0.1) is 0 Å². The second-order valence-corrected chi connectivity index (χ2v) is 3.03. The molecule has 0 saturated carbocycles. The van der Waals surface area contributed by atoms with Gasteiger partial charge in [-0.3, -0.25) is 0 Å². The van der Waals surface area contributed by atoms with Crippen molar-refractivity contribution >= 4 is 5.97 Å². The summed E-state index contributed by atoms with van der Waals surface area (Å²) in [5.41, 5.74) is 0. The Labute approximate surface area is 80.2 Å². The summed E-state index contributed by atoms with van der Waals surface area (Å²) in [6, 6.07) is 2.87. The Morgan fingerprint density at radius 3 is 3.00 bits per heavy atom. The van der Waals surface area contributed by atoms with Gasteiger partial charge in [0, 0.05) is 12.5 Å². The lowest BCUT2D eigenvalue weighted by Gasteiger charge is -2.07. The Kier molecular flexibility index (Phi) is 2.41. The summed E-state index contributed by atoms with van der Waals surface area (Å²) in [4.78, 5) is 10.5. The van der Waals surface area contributed by atoms with Crippen molar-refractivity contribution in [1.29, 1.82) is 0 Å². The molecule has 1 atom stereocenters. The molecular weight excluding hydrogens is 188 g/mol. The molecule has 0 aromatic carbocycles. The number of carboxylic acid groups (broad SMARTS) is 1. The average molecular weight is 198 g/mol. The minimum absolute atomic E-state index is 0.0252. The largest absolute Gasteiger partial charge is 0.475 e. The molecule has 5 nitrogen and oxygen atoms in total. The molecule has 76 valence electrons. The van der Waals surface area contributed by atoms with Crippen molar-refractivity contribution < 1.29 is 23.8 Å². The first-order valence-corrected chi connectivity index (χ1v) is 4.33. The molecule has 0 radical (unpaired) electrons. The molecule has 2 rings (SSSR count). The van der Waals surface area contributed by atoms with Crippen LogP contribution in [-0.4, -0.2) is 30.4 Å². The first-order valence-electron chi connectivity index (χ1n) is 4.33. The van der Waals surface area contributed by atoms with Gasteiger partial charge in [-0.2, -0.15) is 0 Å². The van der Waals surface area contributed by atoms with Crippen molar-refractivity contribution in [2.45, 2.75) is 12.5 Å². The summed E-state index contributed by atoms with van der Waals surface area (Å²) in [5, 5.41) is 8.59. The number of furan rings is 1. The van der Waals surface area contributed by atoms with Crippen molar-refractivity contribution in [3.63, 3.8) is 0 Å². The average Bonchev–Trinajstić information content (AvgIpc) is 2.75. The summed E-state index contributed by atoms with van der Waals surface area (Å²) in [6.45, 7) is 1.21. The van der Waals surface area contributed by atoms with Crippen molar-refractivity contribution in [2.24, 2.45) is 0 Å². The first kappa shape index (κ1) is 9.08. The van der Waals surface area contributed by atoms with Crippen molar-refractivity contribution in [2.75, 3.05) is 13.2 Å². The van der Waals surface area contributed by atoms with Crippen LogP contribution in [0.5, 0.6) is 5.95 Å². The third-order valence-electron chi connectivity index (χ3n) is 1.96. The maximum Gasteiger partial charge on any atom is 0.371 e. The molecule has 2 heterocycles. The van der Waals surface area contributed by atoms with Gasteiger partial charge in [0.25, 0.3) is 5.95 Å². The number of ether oxygens (including phenoxy) is 2.